The number of aliphatic hydroxyl groups excluding tert-OH is 1. The van der Waals surface area contributed by atoms with Gasteiger partial charge in [-0.15, -0.1) is 0 Å². The van der Waals surface area contributed by atoms with Crippen molar-refractivity contribution >= 4 is 0 Å². The van der Waals surface area contributed by atoms with Crippen LogP contribution in [0.5, 0.6) is 0 Å². The van der Waals surface area contributed by atoms with Gasteiger partial charge in [0.1, 0.15) is 0 Å². The number of nitrogens with one attached hydrogen (secondary N) is 1. The summed E-state index contributed by atoms with van der Waals surface area (Å²) in [6.07, 6.45) is 3.33. The molecule has 0 spiro atoms. The maximum atomic E-state index is 10.1. The molecule has 0 radical (unpaired) electrons. The highest BCUT2D eigenvalue weighted by molar-refractivity contribution is 5.25. The van der Waals surface area contributed by atoms with Crippen LogP contribution >= 0.6 is 0 Å². The van der Waals surface area contributed by atoms with E-state index in [1.165, 1.54) is 18.4 Å². The molecule has 1 atom stereocenters. The molecule has 1 unspecified atom stereocenters. The van der Waals surface area contributed by atoms with Gasteiger partial charge in [0.15, 0.2) is 0 Å². The molecule has 0 saturated heterocycles. The van der Waals surface area contributed by atoms with Gasteiger partial charge in [-0.25, -0.2) is 0 Å². The van der Waals surface area contributed by atoms with Crippen molar-refractivity contribution in [3.63, 3.8) is 0 Å². The Kier molecular flexibility index (Phi) is 6.18. The summed E-state index contributed by atoms with van der Waals surface area (Å²) in [7, 11) is 3.83. The van der Waals surface area contributed by atoms with E-state index in [-0.39, 0.29) is 12.1 Å². The van der Waals surface area contributed by atoms with Crippen LogP contribution < -0.4 is 5.32 Å². The first kappa shape index (κ1) is 16.4. The molecule has 0 amide bonds. The van der Waals surface area contributed by atoms with Gasteiger partial charge < -0.3 is 20.1 Å². The fourth-order valence-corrected chi connectivity index (χ4v) is 2.63. The molecule has 1 saturated carbocycles. The number of nitrogens with zero attached hydrogens (tertiary/aromatic N) is 1. The quantitative estimate of drug-likeness (QED) is 0.687. The predicted molar refractivity (Wildman–Crippen MR) is 85.4 cm³/mol. The van der Waals surface area contributed by atoms with Crippen molar-refractivity contribution in [3.05, 3.63) is 35.9 Å². The van der Waals surface area contributed by atoms with Crippen LogP contribution in [0.3, 0.4) is 0 Å². The zero-order chi connectivity index (χ0) is 15.1. The third-order valence-electron chi connectivity index (χ3n) is 4.25. The monoisotopic (exact) mass is 292 g/mol. The number of likely N-dealkylation sites (N-methyl/N-ethyl adjacent to an activating group) is 1. The van der Waals surface area contributed by atoms with Crippen molar-refractivity contribution in [1.29, 1.82) is 0 Å². The lowest BCUT2D eigenvalue weighted by atomic mass is 9.86. The first-order chi connectivity index (χ1) is 10.2. The average Bonchev–Trinajstić information content (AvgIpc) is 3.34. The number of ether oxygens (including phenoxy) is 1. The van der Waals surface area contributed by atoms with Crippen LogP contribution in [0.1, 0.15) is 24.8 Å². The highest BCUT2D eigenvalue weighted by Gasteiger charge is 2.37. The third kappa shape index (κ3) is 4.78. The van der Waals surface area contributed by atoms with E-state index in [9.17, 15) is 5.11 Å². The van der Waals surface area contributed by atoms with E-state index in [2.05, 4.69) is 29.4 Å². The molecule has 21 heavy (non-hydrogen) atoms. The van der Waals surface area contributed by atoms with Crippen LogP contribution in [0.25, 0.3) is 0 Å². The van der Waals surface area contributed by atoms with Gasteiger partial charge in [-0.05, 0) is 31.9 Å². The maximum absolute atomic E-state index is 10.1. The van der Waals surface area contributed by atoms with Crippen LogP contribution in [0.2, 0.25) is 0 Å². The molecule has 1 aliphatic carbocycles. The second-order valence-corrected chi connectivity index (χ2v) is 6.07. The standard InChI is InChI=1S/C17H28N2O2/c1-19(12-13-21-2)11-10-17(14-20,18-16-8-9-16)15-6-4-3-5-7-15/h3-7,16,18,20H,8-14H2,1-2H3. The third-order valence-corrected chi connectivity index (χ3v) is 4.25. The lowest BCUT2D eigenvalue weighted by Gasteiger charge is -2.35. The molecule has 1 aliphatic rings. The first-order valence-corrected chi connectivity index (χ1v) is 7.82. The van der Waals surface area contributed by atoms with E-state index in [1.807, 2.05) is 18.2 Å². The van der Waals surface area contributed by atoms with Crippen molar-refractivity contribution in [1.82, 2.24) is 10.2 Å². The molecule has 1 aromatic carbocycles. The van der Waals surface area contributed by atoms with Crippen molar-refractivity contribution in [2.24, 2.45) is 0 Å². The van der Waals surface area contributed by atoms with Crippen molar-refractivity contribution in [2.75, 3.05) is 40.5 Å². The van der Waals surface area contributed by atoms with Gasteiger partial charge in [-0.3, -0.25) is 0 Å². The SMILES string of the molecule is COCCN(C)CCC(CO)(NC1CC1)c1ccccc1. The van der Waals surface area contributed by atoms with E-state index >= 15 is 0 Å². The van der Waals surface area contributed by atoms with Crippen LogP contribution in [0.15, 0.2) is 30.3 Å². The summed E-state index contributed by atoms with van der Waals surface area (Å²) in [6, 6.07) is 10.9. The van der Waals surface area contributed by atoms with Crippen molar-refractivity contribution in [3.8, 4) is 0 Å². The zero-order valence-corrected chi connectivity index (χ0v) is 13.2. The lowest BCUT2D eigenvalue weighted by molar-refractivity contribution is 0.121. The van der Waals surface area contributed by atoms with Gasteiger partial charge in [-0.2, -0.15) is 0 Å². The molecule has 1 fully saturated rings. The summed E-state index contributed by atoms with van der Waals surface area (Å²) < 4.78 is 5.12. The summed E-state index contributed by atoms with van der Waals surface area (Å²) in [5.41, 5.74) is 0.851. The summed E-state index contributed by atoms with van der Waals surface area (Å²) in [6.45, 7) is 2.71. The van der Waals surface area contributed by atoms with Gasteiger partial charge in [-0.1, -0.05) is 30.3 Å². The molecule has 2 N–H and O–H groups in total. The summed E-state index contributed by atoms with van der Waals surface area (Å²) >= 11 is 0. The lowest BCUT2D eigenvalue weighted by Crippen LogP contribution is -2.48. The minimum absolute atomic E-state index is 0.131. The number of hydrogen-bond donors (Lipinski definition) is 2. The van der Waals surface area contributed by atoms with Gasteiger partial charge in [0.05, 0.1) is 18.8 Å². The van der Waals surface area contributed by atoms with Crippen molar-refractivity contribution in [2.45, 2.75) is 30.8 Å². The minimum Gasteiger partial charge on any atom is -0.394 e. The molecule has 0 bridgehead atoms. The Hall–Kier alpha value is -0.940. The normalized spacial score (nSPS) is 17.9. The Morgan fingerprint density at radius 1 is 1.29 bits per heavy atom. The average molecular weight is 292 g/mol. The van der Waals surface area contributed by atoms with Crippen LogP contribution in [0.4, 0.5) is 0 Å². The molecular formula is C17H28N2O2. The van der Waals surface area contributed by atoms with E-state index in [0.717, 1.165) is 26.1 Å². The summed E-state index contributed by atoms with van der Waals surface area (Å²) in [5, 5.41) is 13.8. The Bertz CT molecular complexity index is 409. The largest absolute Gasteiger partial charge is 0.394 e. The Labute approximate surface area is 128 Å². The van der Waals surface area contributed by atoms with E-state index in [1.54, 1.807) is 7.11 Å². The zero-order valence-electron chi connectivity index (χ0n) is 13.2. The number of aliphatic hydroxyl groups is 1. The molecule has 118 valence electrons. The number of benzene rings is 1. The van der Waals surface area contributed by atoms with E-state index < -0.39 is 0 Å². The smallest absolute Gasteiger partial charge is 0.0683 e. The van der Waals surface area contributed by atoms with Crippen LogP contribution in [-0.2, 0) is 10.3 Å². The van der Waals surface area contributed by atoms with E-state index in [0.29, 0.717) is 6.04 Å². The first-order valence-electron chi connectivity index (χ1n) is 7.82. The van der Waals surface area contributed by atoms with Crippen LogP contribution in [0, 0.1) is 0 Å². The summed E-state index contributed by atoms with van der Waals surface area (Å²) in [5.74, 6) is 0. The molecule has 0 aromatic heterocycles. The second-order valence-electron chi connectivity index (χ2n) is 6.07. The molecular weight excluding hydrogens is 264 g/mol. The Balaban J connectivity index is 2.04. The molecule has 1 aromatic rings. The van der Waals surface area contributed by atoms with Gasteiger partial charge >= 0.3 is 0 Å². The van der Waals surface area contributed by atoms with Gasteiger partial charge in [0, 0.05) is 26.2 Å². The van der Waals surface area contributed by atoms with Crippen LogP contribution in [-0.4, -0.2) is 56.5 Å². The topological polar surface area (TPSA) is 44.7 Å². The number of hydrogen-bond acceptors (Lipinski definition) is 4. The summed E-state index contributed by atoms with van der Waals surface area (Å²) in [4.78, 5) is 2.26. The fraction of sp³-hybridized carbons (Fsp3) is 0.647. The Morgan fingerprint density at radius 3 is 2.57 bits per heavy atom. The number of methoxy groups -OCH3 is 1. The minimum atomic E-state index is -0.330. The molecule has 4 nitrogen and oxygen atoms in total. The van der Waals surface area contributed by atoms with E-state index in [4.69, 9.17) is 4.74 Å². The Morgan fingerprint density at radius 2 is 2.00 bits per heavy atom. The number of rotatable bonds is 10. The fourth-order valence-electron chi connectivity index (χ4n) is 2.63. The van der Waals surface area contributed by atoms with Gasteiger partial charge in [0.25, 0.3) is 0 Å². The molecule has 0 heterocycles. The maximum Gasteiger partial charge on any atom is 0.0683 e. The predicted octanol–water partition coefficient (Wildman–Crippen LogP) is 1.59. The van der Waals surface area contributed by atoms with Crippen molar-refractivity contribution < 1.29 is 9.84 Å². The van der Waals surface area contributed by atoms with Gasteiger partial charge in [0.2, 0.25) is 0 Å². The highest BCUT2D eigenvalue weighted by atomic mass is 16.5. The second kappa shape index (κ2) is 7.90. The molecule has 2 rings (SSSR count). The molecule has 0 aliphatic heterocycles. The molecule has 4 heteroatoms. The highest BCUT2D eigenvalue weighted by Crippen LogP contribution is 2.31.